The lowest BCUT2D eigenvalue weighted by Gasteiger charge is -2.09. The van der Waals surface area contributed by atoms with Crippen LogP contribution >= 0.6 is 0 Å². The number of amides is 1. The molecule has 0 aliphatic rings. The molecule has 1 N–H and O–H groups in total. The number of hydrogen-bond donors (Lipinski definition) is 1. The Morgan fingerprint density at radius 2 is 1.83 bits per heavy atom. The van der Waals surface area contributed by atoms with Crippen LogP contribution in [0.3, 0.4) is 0 Å². The number of anilines is 1. The maximum absolute atomic E-state index is 12.4. The Balaban J connectivity index is 1.70. The van der Waals surface area contributed by atoms with Gasteiger partial charge in [-0.25, -0.2) is 4.98 Å². The first-order chi connectivity index (χ1) is 11.8. The number of ether oxygens (including phenoxy) is 1. The predicted molar refractivity (Wildman–Crippen MR) is 92.9 cm³/mol. The molecule has 122 valence electrons. The van der Waals surface area contributed by atoms with Gasteiger partial charge in [-0.15, -0.1) is 0 Å². The lowest BCUT2D eigenvalue weighted by Crippen LogP contribution is -2.16. The first kappa shape index (κ1) is 16.0. The Morgan fingerprint density at radius 1 is 1.08 bits per heavy atom. The third-order valence-electron chi connectivity index (χ3n) is 3.66. The Bertz CT molecular complexity index is 795. The number of rotatable bonds is 6. The highest BCUT2D eigenvalue weighted by Crippen LogP contribution is 2.12. The number of methoxy groups -OCH3 is 1. The van der Waals surface area contributed by atoms with Crippen LogP contribution < -0.4 is 5.32 Å². The van der Waals surface area contributed by atoms with Gasteiger partial charge in [-0.2, -0.15) is 0 Å². The van der Waals surface area contributed by atoms with Gasteiger partial charge in [-0.3, -0.25) is 10.1 Å². The van der Waals surface area contributed by atoms with Crippen LogP contribution in [0.5, 0.6) is 0 Å². The minimum atomic E-state index is -0.181. The molecule has 0 radical (unpaired) electrons. The number of aromatic nitrogens is 2. The highest BCUT2D eigenvalue weighted by atomic mass is 16.5. The van der Waals surface area contributed by atoms with Crippen molar-refractivity contribution in [3.05, 3.63) is 83.7 Å². The van der Waals surface area contributed by atoms with Crippen molar-refractivity contribution < 1.29 is 9.53 Å². The number of imidazole rings is 1. The Hall–Kier alpha value is -2.92. The van der Waals surface area contributed by atoms with Crippen LogP contribution in [-0.2, 0) is 17.9 Å². The van der Waals surface area contributed by atoms with Crippen LogP contribution in [0.4, 0.5) is 5.95 Å². The van der Waals surface area contributed by atoms with Gasteiger partial charge in [0.2, 0.25) is 5.95 Å². The molecular weight excluding hydrogens is 302 g/mol. The number of hydrogen-bond acceptors (Lipinski definition) is 3. The molecule has 1 heterocycles. The largest absolute Gasteiger partial charge is 0.380 e. The predicted octanol–water partition coefficient (Wildman–Crippen LogP) is 3.33. The van der Waals surface area contributed by atoms with Gasteiger partial charge < -0.3 is 9.30 Å². The minimum absolute atomic E-state index is 0.181. The topological polar surface area (TPSA) is 56.1 Å². The van der Waals surface area contributed by atoms with Gasteiger partial charge in [0.15, 0.2) is 0 Å². The average molecular weight is 321 g/mol. The van der Waals surface area contributed by atoms with E-state index in [0.29, 0.717) is 24.7 Å². The molecule has 1 aromatic heterocycles. The average Bonchev–Trinajstić information content (AvgIpc) is 3.03. The third-order valence-corrected chi connectivity index (χ3v) is 3.66. The maximum atomic E-state index is 12.4. The van der Waals surface area contributed by atoms with E-state index >= 15 is 0 Å². The third kappa shape index (κ3) is 3.88. The van der Waals surface area contributed by atoms with Gasteiger partial charge in [0.1, 0.15) is 0 Å². The number of nitrogens with one attached hydrogen (secondary N) is 1. The molecule has 24 heavy (non-hydrogen) atoms. The number of benzene rings is 2. The molecule has 3 aromatic rings. The molecule has 1 amide bonds. The first-order valence-electron chi connectivity index (χ1n) is 7.70. The Morgan fingerprint density at radius 3 is 2.54 bits per heavy atom. The molecule has 0 unspecified atom stereocenters. The van der Waals surface area contributed by atoms with Gasteiger partial charge in [-0.05, 0) is 23.3 Å². The SMILES string of the molecule is COCc1ccc(C(=O)Nc2nccn2Cc2ccccc2)cc1. The second kappa shape index (κ2) is 7.57. The summed E-state index contributed by atoms with van der Waals surface area (Å²) in [7, 11) is 1.65. The minimum Gasteiger partial charge on any atom is -0.380 e. The lowest BCUT2D eigenvalue weighted by molar-refractivity contribution is 0.102. The van der Waals surface area contributed by atoms with Crippen LogP contribution in [0.15, 0.2) is 67.0 Å². The van der Waals surface area contributed by atoms with Crippen LogP contribution in [0, 0.1) is 0 Å². The molecule has 0 atom stereocenters. The molecule has 0 fully saturated rings. The van der Waals surface area contributed by atoms with Crippen molar-refractivity contribution in [1.82, 2.24) is 9.55 Å². The molecule has 2 aromatic carbocycles. The van der Waals surface area contributed by atoms with Gasteiger partial charge in [0.25, 0.3) is 5.91 Å². The molecule has 0 saturated carbocycles. The second-order valence-electron chi connectivity index (χ2n) is 5.45. The summed E-state index contributed by atoms with van der Waals surface area (Å²) in [5.41, 5.74) is 2.76. The normalized spacial score (nSPS) is 10.5. The van der Waals surface area contributed by atoms with E-state index in [1.807, 2.05) is 53.2 Å². The van der Waals surface area contributed by atoms with Crippen molar-refractivity contribution in [2.75, 3.05) is 12.4 Å². The molecule has 0 bridgehead atoms. The van der Waals surface area contributed by atoms with Gasteiger partial charge >= 0.3 is 0 Å². The van der Waals surface area contributed by atoms with Crippen LogP contribution in [0.1, 0.15) is 21.5 Å². The summed E-state index contributed by atoms with van der Waals surface area (Å²) in [6.07, 6.45) is 3.53. The van der Waals surface area contributed by atoms with E-state index in [2.05, 4.69) is 10.3 Å². The van der Waals surface area contributed by atoms with Crippen molar-refractivity contribution in [1.29, 1.82) is 0 Å². The summed E-state index contributed by atoms with van der Waals surface area (Å²) < 4.78 is 6.98. The zero-order valence-corrected chi connectivity index (χ0v) is 13.5. The standard InChI is InChI=1S/C19H19N3O2/c1-24-14-16-7-9-17(10-8-16)18(23)21-19-20-11-12-22(19)13-15-5-3-2-4-6-15/h2-12H,13-14H2,1H3,(H,20,21,23). The highest BCUT2D eigenvalue weighted by molar-refractivity contribution is 6.03. The van der Waals surface area contributed by atoms with E-state index in [1.165, 1.54) is 0 Å². The zero-order chi connectivity index (χ0) is 16.8. The molecule has 0 aliphatic carbocycles. The summed E-state index contributed by atoms with van der Waals surface area (Å²) in [6.45, 7) is 1.19. The first-order valence-corrected chi connectivity index (χ1v) is 7.70. The van der Waals surface area contributed by atoms with Crippen LogP contribution in [0.2, 0.25) is 0 Å². The van der Waals surface area contributed by atoms with E-state index < -0.39 is 0 Å². The summed E-state index contributed by atoms with van der Waals surface area (Å²) >= 11 is 0. The molecule has 0 spiro atoms. The Kier molecular flexibility index (Phi) is 5.03. The van der Waals surface area contributed by atoms with E-state index in [0.717, 1.165) is 11.1 Å². The quantitative estimate of drug-likeness (QED) is 0.757. The van der Waals surface area contributed by atoms with E-state index in [9.17, 15) is 4.79 Å². The molecular formula is C19H19N3O2. The van der Waals surface area contributed by atoms with Gasteiger partial charge in [0, 0.05) is 25.1 Å². The maximum Gasteiger partial charge on any atom is 0.257 e. The van der Waals surface area contributed by atoms with Gasteiger partial charge in [0.05, 0.1) is 13.2 Å². The summed E-state index contributed by atoms with van der Waals surface area (Å²) in [5.74, 6) is 0.351. The van der Waals surface area contributed by atoms with Crippen molar-refractivity contribution in [3.8, 4) is 0 Å². The molecule has 5 nitrogen and oxygen atoms in total. The fourth-order valence-corrected chi connectivity index (χ4v) is 2.43. The lowest BCUT2D eigenvalue weighted by atomic mass is 10.1. The van der Waals surface area contributed by atoms with Crippen molar-refractivity contribution in [3.63, 3.8) is 0 Å². The monoisotopic (exact) mass is 321 g/mol. The molecule has 0 aliphatic heterocycles. The molecule has 0 saturated heterocycles. The number of carbonyl (C=O) groups is 1. The van der Waals surface area contributed by atoms with E-state index in [4.69, 9.17) is 4.74 Å². The second-order valence-corrected chi connectivity index (χ2v) is 5.45. The van der Waals surface area contributed by atoms with Crippen LogP contribution in [-0.4, -0.2) is 22.6 Å². The summed E-state index contributed by atoms with van der Waals surface area (Å²) in [6, 6.07) is 17.4. The van der Waals surface area contributed by atoms with Crippen molar-refractivity contribution in [2.24, 2.45) is 0 Å². The van der Waals surface area contributed by atoms with E-state index in [1.54, 1.807) is 25.4 Å². The number of carbonyl (C=O) groups excluding carboxylic acids is 1. The highest BCUT2D eigenvalue weighted by Gasteiger charge is 2.10. The smallest absolute Gasteiger partial charge is 0.257 e. The molecule has 3 rings (SSSR count). The fraction of sp³-hybridized carbons (Fsp3) is 0.158. The van der Waals surface area contributed by atoms with Crippen molar-refractivity contribution >= 4 is 11.9 Å². The zero-order valence-electron chi connectivity index (χ0n) is 13.5. The van der Waals surface area contributed by atoms with Crippen LogP contribution in [0.25, 0.3) is 0 Å². The summed E-state index contributed by atoms with van der Waals surface area (Å²) in [4.78, 5) is 16.6. The molecule has 5 heteroatoms. The fourth-order valence-electron chi connectivity index (χ4n) is 2.43. The van der Waals surface area contributed by atoms with Gasteiger partial charge in [-0.1, -0.05) is 42.5 Å². The Labute approximate surface area is 140 Å². The number of nitrogens with zero attached hydrogens (tertiary/aromatic N) is 2. The van der Waals surface area contributed by atoms with E-state index in [-0.39, 0.29) is 5.91 Å². The van der Waals surface area contributed by atoms with Crippen molar-refractivity contribution in [2.45, 2.75) is 13.2 Å². The summed E-state index contributed by atoms with van der Waals surface area (Å²) in [5, 5.41) is 2.86.